The van der Waals surface area contributed by atoms with E-state index in [0.29, 0.717) is 33.5 Å². The number of aromatic nitrogens is 6. The molecule has 14 heteroatoms. The topological polar surface area (TPSA) is 126 Å². The van der Waals surface area contributed by atoms with Crippen molar-refractivity contribution in [1.29, 1.82) is 0 Å². The van der Waals surface area contributed by atoms with Gasteiger partial charge in [0, 0.05) is 35.2 Å². The predicted octanol–water partition coefficient (Wildman–Crippen LogP) is 7.57. The normalized spacial score (nSPS) is 11.6. The summed E-state index contributed by atoms with van der Waals surface area (Å²) in [5.41, 5.74) is 5.22. The van der Waals surface area contributed by atoms with E-state index < -0.39 is 10.0 Å². The molecule has 0 amide bonds. The number of nitrogens with one attached hydrogen (secondary N) is 1. The lowest BCUT2D eigenvalue weighted by Gasteiger charge is -2.12. The van der Waals surface area contributed by atoms with Crippen LogP contribution in [0, 0.1) is 20.8 Å². The Hall–Kier alpha value is -5.63. The molecule has 0 unspecified atom stereocenters. The molecule has 0 spiro atoms. The van der Waals surface area contributed by atoms with Gasteiger partial charge in [-0.1, -0.05) is 84.0 Å². The van der Waals surface area contributed by atoms with Crippen LogP contribution in [0.3, 0.4) is 0 Å². The molecule has 4 aromatic carbocycles. The Balaban J connectivity index is 1.19. The Morgan fingerprint density at radius 1 is 0.792 bits per heavy atom. The summed E-state index contributed by atoms with van der Waals surface area (Å²) in [7, 11) is -2.16. The number of hydrogen-bond donors (Lipinski definition) is 1. The van der Waals surface area contributed by atoms with Gasteiger partial charge < -0.3 is 4.57 Å². The van der Waals surface area contributed by atoms with Crippen molar-refractivity contribution in [3.05, 3.63) is 153 Å². The van der Waals surface area contributed by atoms with Gasteiger partial charge in [0.1, 0.15) is 5.69 Å². The minimum atomic E-state index is -4.00. The van der Waals surface area contributed by atoms with Crippen molar-refractivity contribution in [3.8, 4) is 28.5 Å². The summed E-state index contributed by atoms with van der Waals surface area (Å²) in [6.07, 6.45) is 0. The van der Waals surface area contributed by atoms with E-state index in [0.717, 1.165) is 22.8 Å². The number of nitrogens with zero attached hydrogens (tertiary/aromatic N) is 6. The van der Waals surface area contributed by atoms with Crippen molar-refractivity contribution in [1.82, 2.24) is 28.7 Å². The van der Waals surface area contributed by atoms with Crippen molar-refractivity contribution in [2.24, 2.45) is 7.05 Å². The van der Waals surface area contributed by atoms with Gasteiger partial charge in [-0.2, -0.15) is 0 Å². The number of rotatable bonds is 11. The van der Waals surface area contributed by atoms with Gasteiger partial charge in [0.15, 0.2) is 16.8 Å². The third kappa shape index (κ3) is 6.74. The summed E-state index contributed by atoms with van der Waals surface area (Å²) in [6.45, 7) is 5.61. The molecular weight excluding hydrogens is 730 g/mol. The SMILES string of the molecule is Cc1cc(C(=O)CSc2nnc(-c3cccc(S(=O)(=O)Nc4ccccc4Cl)c3)n2-c2ccccc2)c(C)n1-c1c(C)n(C)n(-c2ccccc2)c1=O. The first-order chi connectivity index (χ1) is 25.5. The molecule has 0 atom stereocenters. The van der Waals surface area contributed by atoms with Gasteiger partial charge in [-0.05, 0) is 75.4 Å². The quantitative estimate of drug-likeness (QED) is 0.106. The van der Waals surface area contributed by atoms with Crippen LogP contribution in [-0.2, 0) is 17.1 Å². The number of hydrogen-bond acceptors (Lipinski definition) is 7. The van der Waals surface area contributed by atoms with E-state index in [1.807, 2.05) is 104 Å². The summed E-state index contributed by atoms with van der Waals surface area (Å²) < 4.78 is 36.4. The molecule has 11 nitrogen and oxygen atoms in total. The zero-order valence-electron chi connectivity index (χ0n) is 29.2. The number of carbonyl (C=O) groups excluding carboxylic acids is 1. The molecule has 1 N–H and O–H groups in total. The van der Waals surface area contributed by atoms with Crippen LogP contribution in [0.2, 0.25) is 5.02 Å². The number of ketones is 1. The number of para-hydroxylation sites is 3. The third-order valence-corrected chi connectivity index (χ3v) is 11.6. The standard InChI is InChI=1S/C39H34ClN7O4S2/c1-25-22-32(26(2)45(25)36-27(3)44(4)47(38(36)49)30-17-9-6-10-18-30)35(48)24-52-39-42-41-37(46(39)29-15-7-5-8-16-29)28-14-13-19-31(23-28)53(50,51)43-34-21-12-11-20-33(34)40/h5-23,43H,24H2,1-4H3. The number of benzene rings is 4. The lowest BCUT2D eigenvalue weighted by molar-refractivity contribution is 0.102. The van der Waals surface area contributed by atoms with Gasteiger partial charge in [-0.15, -0.1) is 10.2 Å². The van der Waals surface area contributed by atoms with E-state index in [1.165, 1.54) is 23.9 Å². The second kappa shape index (κ2) is 14.4. The summed E-state index contributed by atoms with van der Waals surface area (Å²) >= 11 is 7.44. The highest BCUT2D eigenvalue weighted by atomic mass is 35.5. The van der Waals surface area contributed by atoms with Crippen LogP contribution in [-0.4, -0.2) is 48.6 Å². The third-order valence-electron chi connectivity index (χ3n) is 8.98. The zero-order chi connectivity index (χ0) is 37.4. The average molecular weight is 764 g/mol. The van der Waals surface area contributed by atoms with E-state index >= 15 is 0 Å². The maximum Gasteiger partial charge on any atom is 0.295 e. The maximum absolute atomic E-state index is 13.9. The van der Waals surface area contributed by atoms with Crippen LogP contribution in [0.4, 0.5) is 5.69 Å². The first-order valence-electron chi connectivity index (χ1n) is 16.5. The van der Waals surface area contributed by atoms with E-state index in [-0.39, 0.29) is 32.7 Å². The molecule has 3 heterocycles. The largest absolute Gasteiger partial charge is 0.311 e. The minimum absolute atomic E-state index is 0.0152. The monoisotopic (exact) mass is 763 g/mol. The smallest absolute Gasteiger partial charge is 0.295 e. The predicted molar refractivity (Wildman–Crippen MR) is 209 cm³/mol. The fourth-order valence-electron chi connectivity index (χ4n) is 6.32. The summed E-state index contributed by atoms with van der Waals surface area (Å²) in [6, 6.07) is 33.6. The van der Waals surface area contributed by atoms with Gasteiger partial charge in [-0.25, -0.2) is 13.1 Å². The van der Waals surface area contributed by atoms with Crippen molar-refractivity contribution in [2.45, 2.75) is 30.8 Å². The van der Waals surface area contributed by atoms with E-state index in [4.69, 9.17) is 11.6 Å². The fourth-order valence-corrected chi connectivity index (χ4v) is 8.52. The molecule has 53 heavy (non-hydrogen) atoms. The highest BCUT2D eigenvalue weighted by Gasteiger charge is 2.25. The molecule has 0 aliphatic rings. The molecular formula is C39H34ClN7O4S2. The minimum Gasteiger partial charge on any atom is -0.311 e. The Morgan fingerprint density at radius 2 is 1.45 bits per heavy atom. The number of halogens is 1. The number of anilines is 1. The average Bonchev–Trinajstić information content (AvgIpc) is 3.79. The molecule has 0 aliphatic carbocycles. The Labute approximate surface area is 315 Å². The van der Waals surface area contributed by atoms with Crippen LogP contribution in [0.25, 0.3) is 28.5 Å². The van der Waals surface area contributed by atoms with Gasteiger partial charge in [-0.3, -0.25) is 23.6 Å². The molecule has 0 saturated heterocycles. The number of sulfonamides is 1. The van der Waals surface area contributed by atoms with Gasteiger partial charge in [0.05, 0.1) is 32.7 Å². The van der Waals surface area contributed by atoms with Crippen molar-refractivity contribution < 1.29 is 13.2 Å². The number of carbonyl (C=O) groups is 1. The highest BCUT2D eigenvalue weighted by molar-refractivity contribution is 7.99. The molecule has 0 bridgehead atoms. The lowest BCUT2D eigenvalue weighted by atomic mass is 10.2. The van der Waals surface area contributed by atoms with Crippen LogP contribution >= 0.6 is 23.4 Å². The summed E-state index contributed by atoms with van der Waals surface area (Å²) in [5, 5.41) is 9.64. The van der Waals surface area contributed by atoms with Crippen LogP contribution in [0.1, 0.15) is 27.4 Å². The number of Topliss-reactive ketones (excluding diaryl/α,β-unsaturated/α-hetero) is 1. The van der Waals surface area contributed by atoms with E-state index in [2.05, 4.69) is 14.9 Å². The Kier molecular flexibility index (Phi) is 9.73. The summed E-state index contributed by atoms with van der Waals surface area (Å²) in [4.78, 5) is 27.7. The molecule has 7 rings (SSSR count). The zero-order valence-corrected chi connectivity index (χ0v) is 31.6. The lowest BCUT2D eigenvalue weighted by Crippen LogP contribution is -2.22. The molecule has 0 fully saturated rings. The molecule has 0 saturated carbocycles. The highest BCUT2D eigenvalue weighted by Crippen LogP contribution is 2.32. The van der Waals surface area contributed by atoms with Crippen LogP contribution in [0.15, 0.2) is 130 Å². The Morgan fingerprint density at radius 3 is 2.15 bits per heavy atom. The number of aryl methyl sites for hydroxylation is 1. The first kappa shape index (κ1) is 35.8. The van der Waals surface area contributed by atoms with Gasteiger partial charge >= 0.3 is 0 Å². The van der Waals surface area contributed by atoms with Crippen LogP contribution < -0.4 is 10.3 Å². The second-order valence-corrected chi connectivity index (χ2v) is 15.4. The van der Waals surface area contributed by atoms with E-state index in [9.17, 15) is 18.0 Å². The molecule has 7 aromatic rings. The first-order valence-corrected chi connectivity index (χ1v) is 19.4. The van der Waals surface area contributed by atoms with Crippen LogP contribution in [0.5, 0.6) is 0 Å². The molecule has 3 aromatic heterocycles. The van der Waals surface area contributed by atoms with Crippen molar-refractivity contribution >= 4 is 44.9 Å². The molecule has 0 aliphatic heterocycles. The van der Waals surface area contributed by atoms with E-state index in [1.54, 1.807) is 45.6 Å². The molecule has 268 valence electrons. The maximum atomic E-state index is 13.9. The second-order valence-electron chi connectivity index (χ2n) is 12.3. The van der Waals surface area contributed by atoms with Gasteiger partial charge in [0.2, 0.25) is 0 Å². The van der Waals surface area contributed by atoms with Crippen molar-refractivity contribution in [3.63, 3.8) is 0 Å². The molecule has 0 radical (unpaired) electrons. The summed E-state index contributed by atoms with van der Waals surface area (Å²) in [5.74, 6) is 0.288. The Bertz CT molecular complexity index is 2660. The fraction of sp³-hybridized carbons (Fsp3) is 0.128. The number of thioether (sulfide) groups is 1. The van der Waals surface area contributed by atoms with Gasteiger partial charge in [0.25, 0.3) is 15.6 Å². The van der Waals surface area contributed by atoms with Crippen molar-refractivity contribution in [2.75, 3.05) is 10.5 Å².